The van der Waals surface area contributed by atoms with Crippen LogP contribution in [0.2, 0.25) is 0 Å². The number of carboxylic acids is 1. The Labute approximate surface area is 103 Å². The number of amides is 2. The summed E-state index contributed by atoms with van der Waals surface area (Å²) in [4.78, 5) is 25.6. The number of nitrogens with zero attached hydrogens (tertiary/aromatic N) is 2. The topological polar surface area (TPSA) is 60.9 Å². The van der Waals surface area contributed by atoms with Gasteiger partial charge in [-0.1, -0.05) is 6.08 Å². The van der Waals surface area contributed by atoms with Crippen molar-refractivity contribution in [1.82, 2.24) is 9.80 Å². The fourth-order valence-electron chi connectivity index (χ4n) is 1.33. The van der Waals surface area contributed by atoms with Crippen molar-refractivity contribution < 1.29 is 14.7 Å². The summed E-state index contributed by atoms with van der Waals surface area (Å²) in [6.45, 7) is 10.1. The molecule has 0 spiro atoms. The van der Waals surface area contributed by atoms with E-state index in [0.29, 0.717) is 6.54 Å². The minimum Gasteiger partial charge on any atom is -0.481 e. The summed E-state index contributed by atoms with van der Waals surface area (Å²) in [7, 11) is 1.60. The lowest BCUT2D eigenvalue weighted by Crippen LogP contribution is -2.51. The number of carboxylic acid groups (broad SMARTS) is 1. The molecule has 0 heterocycles. The van der Waals surface area contributed by atoms with E-state index in [1.165, 1.54) is 4.90 Å². The lowest BCUT2D eigenvalue weighted by Gasteiger charge is -2.37. The van der Waals surface area contributed by atoms with Crippen LogP contribution < -0.4 is 0 Å². The first kappa shape index (κ1) is 15.5. The summed E-state index contributed by atoms with van der Waals surface area (Å²) in [5.41, 5.74) is -0.317. The van der Waals surface area contributed by atoms with Gasteiger partial charge in [-0.15, -0.1) is 6.58 Å². The van der Waals surface area contributed by atoms with Crippen LogP contribution in [0.3, 0.4) is 0 Å². The van der Waals surface area contributed by atoms with Crippen molar-refractivity contribution in [1.29, 1.82) is 0 Å². The molecule has 0 aliphatic rings. The molecular formula is C12H22N2O3. The first-order chi connectivity index (χ1) is 7.70. The van der Waals surface area contributed by atoms with Crippen molar-refractivity contribution in [2.75, 3.05) is 20.1 Å². The number of urea groups is 1. The third-order valence-electron chi connectivity index (χ3n) is 2.34. The Balaban J connectivity index is 4.61. The van der Waals surface area contributed by atoms with Crippen molar-refractivity contribution >= 4 is 12.0 Å². The Morgan fingerprint density at radius 1 is 1.35 bits per heavy atom. The van der Waals surface area contributed by atoms with E-state index < -0.39 is 5.97 Å². The molecule has 0 rings (SSSR count). The summed E-state index contributed by atoms with van der Waals surface area (Å²) in [6.07, 6.45) is 1.61. The molecule has 5 nitrogen and oxygen atoms in total. The van der Waals surface area contributed by atoms with E-state index in [-0.39, 0.29) is 24.5 Å². The van der Waals surface area contributed by atoms with Crippen molar-refractivity contribution in [3.63, 3.8) is 0 Å². The molecule has 0 fully saturated rings. The summed E-state index contributed by atoms with van der Waals surface area (Å²) in [5, 5.41) is 8.58. The zero-order valence-electron chi connectivity index (χ0n) is 11.1. The highest BCUT2D eigenvalue weighted by atomic mass is 16.4. The smallest absolute Gasteiger partial charge is 0.320 e. The summed E-state index contributed by atoms with van der Waals surface area (Å²) < 4.78 is 0. The molecular weight excluding hydrogens is 220 g/mol. The molecule has 5 heteroatoms. The Morgan fingerprint density at radius 3 is 2.24 bits per heavy atom. The zero-order valence-corrected chi connectivity index (χ0v) is 11.1. The predicted octanol–water partition coefficient (Wildman–Crippen LogP) is 1.80. The van der Waals surface area contributed by atoms with Crippen LogP contribution >= 0.6 is 0 Å². The van der Waals surface area contributed by atoms with Crippen LogP contribution in [-0.2, 0) is 4.79 Å². The van der Waals surface area contributed by atoms with E-state index >= 15 is 0 Å². The Kier molecular flexibility index (Phi) is 5.71. The van der Waals surface area contributed by atoms with Crippen LogP contribution in [0.5, 0.6) is 0 Å². The molecule has 17 heavy (non-hydrogen) atoms. The van der Waals surface area contributed by atoms with E-state index in [9.17, 15) is 9.59 Å². The minimum atomic E-state index is -0.907. The van der Waals surface area contributed by atoms with E-state index in [0.717, 1.165) is 0 Å². The SMILES string of the molecule is C=CCN(C(=O)N(C)CCC(=O)O)C(C)(C)C. The largest absolute Gasteiger partial charge is 0.481 e. The van der Waals surface area contributed by atoms with Crippen LogP contribution in [-0.4, -0.2) is 52.6 Å². The maximum Gasteiger partial charge on any atom is 0.320 e. The van der Waals surface area contributed by atoms with Gasteiger partial charge >= 0.3 is 12.0 Å². The van der Waals surface area contributed by atoms with Crippen molar-refractivity contribution in [3.8, 4) is 0 Å². The van der Waals surface area contributed by atoms with Crippen molar-refractivity contribution in [3.05, 3.63) is 12.7 Å². The number of carbonyl (C=O) groups excluding carboxylic acids is 1. The monoisotopic (exact) mass is 242 g/mol. The Hall–Kier alpha value is -1.52. The fraction of sp³-hybridized carbons (Fsp3) is 0.667. The average molecular weight is 242 g/mol. The first-order valence-electron chi connectivity index (χ1n) is 5.55. The Morgan fingerprint density at radius 2 is 1.88 bits per heavy atom. The number of carbonyl (C=O) groups is 2. The summed E-state index contributed by atoms with van der Waals surface area (Å²) in [6, 6.07) is -0.182. The van der Waals surface area contributed by atoms with Gasteiger partial charge in [0.2, 0.25) is 0 Å². The second kappa shape index (κ2) is 6.27. The zero-order chi connectivity index (χ0) is 13.6. The van der Waals surface area contributed by atoms with Gasteiger partial charge in [-0.05, 0) is 20.8 Å². The molecule has 0 aromatic heterocycles. The molecule has 0 saturated carbocycles. The van der Waals surface area contributed by atoms with Gasteiger partial charge in [0, 0.05) is 25.7 Å². The van der Waals surface area contributed by atoms with Crippen molar-refractivity contribution in [2.24, 2.45) is 0 Å². The van der Waals surface area contributed by atoms with Crippen molar-refractivity contribution in [2.45, 2.75) is 32.7 Å². The van der Waals surface area contributed by atoms with Gasteiger partial charge in [-0.25, -0.2) is 4.79 Å². The van der Waals surface area contributed by atoms with Gasteiger partial charge in [0.1, 0.15) is 0 Å². The van der Waals surface area contributed by atoms with Crippen LogP contribution in [0, 0.1) is 0 Å². The van der Waals surface area contributed by atoms with E-state index in [1.54, 1.807) is 18.0 Å². The van der Waals surface area contributed by atoms with Crippen LogP contribution in [0.4, 0.5) is 4.79 Å². The quantitative estimate of drug-likeness (QED) is 0.748. The molecule has 0 aliphatic heterocycles. The first-order valence-corrected chi connectivity index (χ1v) is 5.55. The lowest BCUT2D eigenvalue weighted by atomic mass is 10.1. The molecule has 1 N–H and O–H groups in total. The number of hydrogen-bond acceptors (Lipinski definition) is 2. The predicted molar refractivity (Wildman–Crippen MR) is 66.9 cm³/mol. The summed E-state index contributed by atoms with van der Waals surface area (Å²) in [5.74, 6) is -0.907. The molecule has 0 aromatic rings. The van der Waals surface area contributed by atoms with Gasteiger partial charge < -0.3 is 14.9 Å². The van der Waals surface area contributed by atoms with Crippen LogP contribution in [0.1, 0.15) is 27.2 Å². The van der Waals surface area contributed by atoms with Gasteiger partial charge in [0.15, 0.2) is 0 Å². The molecule has 98 valence electrons. The number of hydrogen-bond donors (Lipinski definition) is 1. The lowest BCUT2D eigenvalue weighted by molar-refractivity contribution is -0.137. The highest BCUT2D eigenvalue weighted by Gasteiger charge is 2.27. The maximum atomic E-state index is 12.1. The minimum absolute atomic E-state index is 0.0473. The van der Waals surface area contributed by atoms with Gasteiger partial charge in [-0.3, -0.25) is 4.79 Å². The Bertz CT molecular complexity index is 295. The van der Waals surface area contributed by atoms with Crippen LogP contribution in [0.15, 0.2) is 12.7 Å². The van der Waals surface area contributed by atoms with Crippen LogP contribution in [0.25, 0.3) is 0 Å². The second-order valence-corrected chi connectivity index (χ2v) is 4.92. The normalized spacial score (nSPS) is 10.8. The average Bonchev–Trinajstić information content (AvgIpc) is 2.19. The summed E-state index contributed by atoms with van der Waals surface area (Å²) >= 11 is 0. The molecule has 0 unspecified atom stereocenters. The molecule has 0 bridgehead atoms. The highest BCUT2D eigenvalue weighted by Crippen LogP contribution is 2.15. The molecule has 0 saturated heterocycles. The van der Waals surface area contributed by atoms with E-state index in [2.05, 4.69) is 6.58 Å². The molecule has 0 atom stereocenters. The standard InChI is InChI=1S/C12H22N2O3/c1-6-8-14(12(2,3)4)11(17)13(5)9-7-10(15)16/h6H,1,7-9H2,2-5H3,(H,15,16). The van der Waals surface area contributed by atoms with Gasteiger partial charge in [0.05, 0.1) is 6.42 Å². The van der Waals surface area contributed by atoms with Gasteiger partial charge in [0.25, 0.3) is 0 Å². The molecule has 2 amide bonds. The third kappa shape index (κ3) is 5.38. The molecule has 0 aliphatic carbocycles. The molecule has 0 radical (unpaired) electrons. The molecule has 0 aromatic carbocycles. The third-order valence-corrected chi connectivity index (χ3v) is 2.34. The number of aliphatic carboxylic acids is 1. The van der Waals surface area contributed by atoms with E-state index in [1.807, 2.05) is 20.8 Å². The van der Waals surface area contributed by atoms with E-state index in [4.69, 9.17) is 5.11 Å². The second-order valence-electron chi connectivity index (χ2n) is 4.92. The highest BCUT2D eigenvalue weighted by molar-refractivity contribution is 5.76. The van der Waals surface area contributed by atoms with Gasteiger partial charge in [-0.2, -0.15) is 0 Å². The fourth-order valence-corrected chi connectivity index (χ4v) is 1.33. The number of rotatable bonds is 5. The maximum absolute atomic E-state index is 12.1.